The molecule has 1 fully saturated rings. The summed E-state index contributed by atoms with van der Waals surface area (Å²) in [4.78, 5) is 4.79. The van der Waals surface area contributed by atoms with Crippen molar-refractivity contribution in [2.45, 2.75) is 31.2 Å². The molecule has 0 saturated heterocycles. The third-order valence-corrected chi connectivity index (χ3v) is 4.95. The van der Waals surface area contributed by atoms with Crippen molar-refractivity contribution in [2.75, 3.05) is 20.1 Å². The summed E-state index contributed by atoms with van der Waals surface area (Å²) in [7, 11) is -1.97. The highest BCUT2D eigenvalue weighted by Crippen LogP contribution is 2.27. The Balaban J connectivity index is 1.96. The molecule has 7 heteroatoms. The lowest BCUT2D eigenvalue weighted by atomic mass is 10.2. The van der Waals surface area contributed by atoms with Crippen LogP contribution in [-0.4, -0.2) is 34.5 Å². The fourth-order valence-electron chi connectivity index (χ4n) is 1.97. The van der Waals surface area contributed by atoms with E-state index in [0.717, 1.165) is 30.5 Å². The summed E-state index contributed by atoms with van der Waals surface area (Å²) in [6, 6.07) is 6.78. The number of benzene rings is 1. The molecule has 6 nitrogen and oxygen atoms in total. The van der Waals surface area contributed by atoms with Gasteiger partial charge in [0.15, 0.2) is 5.96 Å². The topological polar surface area (TPSA) is 82.6 Å². The van der Waals surface area contributed by atoms with E-state index < -0.39 is 10.0 Å². The predicted molar refractivity (Wildman–Crippen MR) is 88.2 cm³/mol. The molecule has 0 radical (unpaired) electrons. The summed E-state index contributed by atoms with van der Waals surface area (Å²) < 4.78 is 25.6. The molecular formula is C15H24N4O2S. The number of guanidine groups is 1. The molecule has 1 aliphatic carbocycles. The summed E-state index contributed by atoms with van der Waals surface area (Å²) in [5, 5.41) is 6.54. The van der Waals surface area contributed by atoms with Gasteiger partial charge in [0.05, 0.1) is 11.4 Å². The maximum atomic E-state index is 11.7. The first kappa shape index (κ1) is 16.8. The van der Waals surface area contributed by atoms with Crippen LogP contribution in [0.2, 0.25) is 0 Å². The molecule has 1 saturated carbocycles. The van der Waals surface area contributed by atoms with Crippen molar-refractivity contribution in [3.8, 4) is 0 Å². The van der Waals surface area contributed by atoms with Gasteiger partial charge in [-0.3, -0.25) is 0 Å². The number of hydrogen-bond donors (Lipinski definition) is 3. The summed E-state index contributed by atoms with van der Waals surface area (Å²) in [6.45, 7) is 4.33. The molecule has 1 aromatic rings. The van der Waals surface area contributed by atoms with Gasteiger partial charge in [-0.1, -0.05) is 12.1 Å². The highest BCUT2D eigenvalue weighted by Gasteiger charge is 2.21. The van der Waals surface area contributed by atoms with Gasteiger partial charge in [0.2, 0.25) is 10.0 Å². The maximum absolute atomic E-state index is 11.7. The van der Waals surface area contributed by atoms with Gasteiger partial charge in [-0.05, 0) is 50.4 Å². The van der Waals surface area contributed by atoms with Gasteiger partial charge in [0.1, 0.15) is 0 Å². The molecule has 0 amide bonds. The highest BCUT2D eigenvalue weighted by atomic mass is 32.2. The van der Waals surface area contributed by atoms with Crippen molar-refractivity contribution in [1.29, 1.82) is 0 Å². The van der Waals surface area contributed by atoms with Gasteiger partial charge in [-0.15, -0.1) is 0 Å². The van der Waals surface area contributed by atoms with Crippen molar-refractivity contribution in [1.82, 2.24) is 15.4 Å². The van der Waals surface area contributed by atoms with E-state index in [-0.39, 0.29) is 4.90 Å². The van der Waals surface area contributed by atoms with E-state index in [1.165, 1.54) is 19.9 Å². The SMILES string of the molecule is CCNC(=NCc1ccc(S(=O)(=O)NC)cc1)NCC1CC1. The molecule has 2 rings (SSSR count). The standard InChI is InChI=1S/C15H24N4O2S/c1-3-17-15(18-10-12-4-5-12)19-11-13-6-8-14(9-7-13)22(20,21)16-2/h6-9,12,16H,3-5,10-11H2,1-2H3,(H2,17,18,19). The van der Waals surface area contributed by atoms with Crippen molar-refractivity contribution in [3.05, 3.63) is 29.8 Å². The Morgan fingerprint density at radius 1 is 1.23 bits per heavy atom. The Bertz CT molecular complexity index is 607. The molecule has 122 valence electrons. The minimum atomic E-state index is -3.38. The molecule has 0 atom stereocenters. The molecule has 0 heterocycles. The average Bonchev–Trinajstić information content (AvgIpc) is 3.35. The molecule has 0 aliphatic heterocycles. The van der Waals surface area contributed by atoms with Crippen LogP contribution >= 0.6 is 0 Å². The summed E-state index contributed by atoms with van der Waals surface area (Å²) >= 11 is 0. The minimum Gasteiger partial charge on any atom is -0.357 e. The number of sulfonamides is 1. The number of hydrogen-bond acceptors (Lipinski definition) is 3. The summed E-state index contributed by atoms with van der Waals surface area (Å²) in [6.07, 6.45) is 2.60. The van der Waals surface area contributed by atoms with Gasteiger partial charge >= 0.3 is 0 Å². The van der Waals surface area contributed by atoms with E-state index in [4.69, 9.17) is 0 Å². The lowest BCUT2D eigenvalue weighted by Crippen LogP contribution is -2.38. The number of aliphatic imine (C=N–C) groups is 1. The zero-order chi connectivity index (χ0) is 16.0. The van der Waals surface area contributed by atoms with Gasteiger partial charge in [0, 0.05) is 13.1 Å². The van der Waals surface area contributed by atoms with Crippen molar-refractivity contribution in [2.24, 2.45) is 10.9 Å². The zero-order valence-electron chi connectivity index (χ0n) is 13.1. The maximum Gasteiger partial charge on any atom is 0.240 e. The van der Waals surface area contributed by atoms with E-state index in [1.807, 2.05) is 6.92 Å². The lowest BCUT2D eigenvalue weighted by molar-refractivity contribution is 0.588. The van der Waals surface area contributed by atoms with Crippen molar-refractivity contribution < 1.29 is 8.42 Å². The van der Waals surface area contributed by atoms with Gasteiger partial charge in [-0.25, -0.2) is 18.1 Å². The number of nitrogens with one attached hydrogen (secondary N) is 3. The molecule has 0 unspecified atom stereocenters. The molecule has 0 spiro atoms. The van der Waals surface area contributed by atoms with E-state index in [9.17, 15) is 8.42 Å². The molecule has 22 heavy (non-hydrogen) atoms. The van der Waals surface area contributed by atoms with Crippen molar-refractivity contribution in [3.63, 3.8) is 0 Å². The first-order valence-electron chi connectivity index (χ1n) is 7.60. The molecule has 1 aliphatic rings. The molecule has 0 aromatic heterocycles. The fraction of sp³-hybridized carbons (Fsp3) is 0.533. The van der Waals surface area contributed by atoms with E-state index >= 15 is 0 Å². The van der Waals surface area contributed by atoms with Gasteiger partial charge in [0.25, 0.3) is 0 Å². The second-order valence-corrected chi connectivity index (χ2v) is 7.26. The van der Waals surface area contributed by atoms with Crippen molar-refractivity contribution >= 4 is 16.0 Å². The smallest absolute Gasteiger partial charge is 0.240 e. The van der Waals surface area contributed by atoms with Crippen LogP contribution in [0.25, 0.3) is 0 Å². The van der Waals surface area contributed by atoms with E-state index in [1.54, 1.807) is 24.3 Å². The highest BCUT2D eigenvalue weighted by molar-refractivity contribution is 7.89. The Hall–Kier alpha value is -1.60. The average molecular weight is 324 g/mol. The van der Waals surface area contributed by atoms with E-state index in [2.05, 4.69) is 20.3 Å². The van der Waals surface area contributed by atoms with Crippen LogP contribution in [0.5, 0.6) is 0 Å². The van der Waals surface area contributed by atoms with Crippen LogP contribution in [0.1, 0.15) is 25.3 Å². The largest absolute Gasteiger partial charge is 0.357 e. The quantitative estimate of drug-likeness (QED) is 0.517. The van der Waals surface area contributed by atoms with Gasteiger partial charge < -0.3 is 10.6 Å². The number of rotatable bonds is 7. The molecular weight excluding hydrogens is 300 g/mol. The molecule has 0 bridgehead atoms. The second kappa shape index (κ2) is 7.60. The zero-order valence-corrected chi connectivity index (χ0v) is 13.9. The van der Waals surface area contributed by atoms with Crippen LogP contribution in [0.15, 0.2) is 34.2 Å². The van der Waals surface area contributed by atoms with Crippen LogP contribution in [0.3, 0.4) is 0 Å². The third kappa shape index (κ3) is 4.99. The normalized spacial score (nSPS) is 15.6. The lowest BCUT2D eigenvalue weighted by Gasteiger charge is -2.10. The summed E-state index contributed by atoms with van der Waals surface area (Å²) in [5.74, 6) is 1.59. The van der Waals surface area contributed by atoms with Crippen LogP contribution < -0.4 is 15.4 Å². The Morgan fingerprint density at radius 3 is 2.45 bits per heavy atom. The fourth-order valence-corrected chi connectivity index (χ4v) is 2.70. The Kier molecular flexibility index (Phi) is 5.79. The van der Waals surface area contributed by atoms with Crippen LogP contribution in [0, 0.1) is 5.92 Å². The summed E-state index contributed by atoms with van der Waals surface area (Å²) in [5.41, 5.74) is 0.971. The predicted octanol–water partition coefficient (Wildman–Crippen LogP) is 1.06. The third-order valence-electron chi connectivity index (χ3n) is 3.52. The Labute approximate surface area is 132 Å². The molecule has 1 aromatic carbocycles. The second-order valence-electron chi connectivity index (χ2n) is 5.37. The molecule has 3 N–H and O–H groups in total. The monoisotopic (exact) mass is 324 g/mol. The number of nitrogens with zero attached hydrogens (tertiary/aromatic N) is 1. The van der Waals surface area contributed by atoms with E-state index in [0.29, 0.717) is 6.54 Å². The van der Waals surface area contributed by atoms with Gasteiger partial charge in [-0.2, -0.15) is 0 Å². The Morgan fingerprint density at radius 2 is 1.91 bits per heavy atom. The van der Waals surface area contributed by atoms with Crippen LogP contribution in [-0.2, 0) is 16.6 Å². The first-order valence-corrected chi connectivity index (χ1v) is 9.08. The first-order chi connectivity index (χ1) is 10.5. The van der Waals surface area contributed by atoms with Crippen LogP contribution in [0.4, 0.5) is 0 Å². The minimum absolute atomic E-state index is 0.265.